The van der Waals surface area contributed by atoms with Crippen LogP contribution in [0.15, 0.2) is 18.2 Å². The van der Waals surface area contributed by atoms with Gasteiger partial charge < -0.3 is 15.7 Å². The van der Waals surface area contributed by atoms with Crippen molar-refractivity contribution in [1.82, 2.24) is 5.32 Å². The predicted octanol–water partition coefficient (Wildman–Crippen LogP) is 3.24. The van der Waals surface area contributed by atoms with Crippen molar-refractivity contribution in [2.24, 2.45) is 5.92 Å². The molecule has 22 heavy (non-hydrogen) atoms. The number of anilines is 1. The number of nitrogens with one attached hydrogen (secondary N) is 2. The van der Waals surface area contributed by atoms with Crippen LogP contribution in [0.2, 0.25) is 0 Å². The van der Waals surface area contributed by atoms with E-state index in [1.54, 1.807) is 6.07 Å². The van der Waals surface area contributed by atoms with Gasteiger partial charge in [-0.05, 0) is 55.7 Å². The van der Waals surface area contributed by atoms with Crippen molar-refractivity contribution in [3.63, 3.8) is 0 Å². The van der Waals surface area contributed by atoms with E-state index in [0.29, 0.717) is 30.1 Å². The van der Waals surface area contributed by atoms with E-state index >= 15 is 0 Å². The summed E-state index contributed by atoms with van der Waals surface area (Å²) in [6, 6.07) is 6.62. The van der Waals surface area contributed by atoms with Crippen molar-refractivity contribution >= 4 is 24.0 Å². The largest absolute Gasteiger partial charge is 0.506 e. The Balaban J connectivity index is 0.00000176. The fourth-order valence-electron chi connectivity index (χ4n) is 3.71. The highest BCUT2D eigenvalue weighted by molar-refractivity contribution is 5.92. The molecular weight excluding hydrogens is 300 g/mol. The van der Waals surface area contributed by atoms with Crippen LogP contribution < -0.4 is 10.6 Å². The Labute approximate surface area is 138 Å². The van der Waals surface area contributed by atoms with E-state index in [-0.39, 0.29) is 24.1 Å². The zero-order chi connectivity index (χ0) is 14.8. The lowest BCUT2D eigenvalue weighted by Gasteiger charge is -2.28. The average molecular weight is 325 g/mol. The second-order valence-electron chi connectivity index (χ2n) is 6.43. The highest BCUT2D eigenvalue weighted by Crippen LogP contribution is 2.33. The van der Waals surface area contributed by atoms with E-state index in [0.717, 1.165) is 24.8 Å². The van der Waals surface area contributed by atoms with Crippen molar-refractivity contribution in [3.8, 4) is 5.75 Å². The number of carbonyl (C=O) groups is 1. The fraction of sp³-hybridized carbons (Fsp3) is 0.588. The molecule has 2 unspecified atom stereocenters. The summed E-state index contributed by atoms with van der Waals surface area (Å²) in [4.78, 5) is 12.2. The Morgan fingerprint density at radius 1 is 1.32 bits per heavy atom. The van der Waals surface area contributed by atoms with Crippen LogP contribution in [0.5, 0.6) is 5.75 Å². The molecule has 122 valence electrons. The summed E-state index contributed by atoms with van der Waals surface area (Å²) >= 11 is 0. The molecule has 3 N–H and O–H groups in total. The fourth-order valence-corrected chi connectivity index (χ4v) is 3.71. The lowest BCUT2D eigenvalue weighted by atomic mass is 9.89. The molecule has 4 nitrogen and oxygen atoms in total. The lowest BCUT2D eigenvalue weighted by molar-refractivity contribution is -0.117. The number of aryl methyl sites for hydroxylation is 1. The average Bonchev–Trinajstić information content (AvgIpc) is 2.80. The van der Waals surface area contributed by atoms with Gasteiger partial charge in [0.05, 0.1) is 5.69 Å². The van der Waals surface area contributed by atoms with Crippen LogP contribution >= 0.6 is 12.4 Å². The number of phenols is 1. The SMILES string of the molecule is CCc1ccc(O)c(NC(=O)CC2CC3CCC(C2)N3)c1.Cl. The molecule has 0 saturated carbocycles. The quantitative estimate of drug-likeness (QED) is 0.745. The molecule has 2 atom stereocenters. The molecule has 1 aromatic carbocycles. The Morgan fingerprint density at radius 3 is 2.64 bits per heavy atom. The third-order valence-corrected chi connectivity index (χ3v) is 4.79. The van der Waals surface area contributed by atoms with Crippen LogP contribution in [0.3, 0.4) is 0 Å². The summed E-state index contributed by atoms with van der Waals surface area (Å²) < 4.78 is 0. The summed E-state index contributed by atoms with van der Waals surface area (Å²) in [6.45, 7) is 2.06. The minimum atomic E-state index is 0. The first-order valence-electron chi connectivity index (χ1n) is 8.02. The number of piperidine rings is 1. The first kappa shape index (κ1) is 17.1. The maximum Gasteiger partial charge on any atom is 0.224 e. The normalized spacial score (nSPS) is 26.3. The molecule has 5 heteroatoms. The van der Waals surface area contributed by atoms with Crippen LogP contribution in [0, 0.1) is 5.92 Å². The van der Waals surface area contributed by atoms with Gasteiger partial charge in [0.2, 0.25) is 5.91 Å². The number of aromatic hydroxyl groups is 1. The van der Waals surface area contributed by atoms with Gasteiger partial charge in [0.25, 0.3) is 0 Å². The van der Waals surface area contributed by atoms with Crippen molar-refractivity contribution in [3.05, 3.63) is 23.8 Å². The van der Waals surface area contributed by atoms with Gasteiger partial charge in [-0.1, -0.05) is 13.0 Å². The van der Waals surface area contributed by atoms with Crippen LogP contribution in [0.25, 0.3) is 0 Å². The van der Waals surface area contributed by atoms with E-state index in [9.17, 15) is 9.90 Å². The van der Waals surface area contributed by atoms with Gasteiger partial charge in [-0.25, -0.2) is 0 Å². The third-order valence-electron chi connectivity index (χ3n) is 4.79. The van der Waals surface area contributed by atoms with Gasteiger partial charge in [0, 0.05) is 18.5 Å². The van der Waals surface area contributed by atoms with Crippen LogP contribution in [0.4, 0.5) is 5.69 Å². The smallest absolute Gasteiger partial charge is 0.224 e. The van der Waals surface area contributed by atoms with Gasteiger partial charge in [-0.3, -0.25) is 4.79 Å². The minimum Gasteiger partial charge on any atom is -0.506 e. The van der Waals surface area contributed by atoms with Crippen molar-refractivity contribution in [2.45, 2.75) is 57.5 Å². The number of hydrogen-bond acceptors (Lipinski definition) is 3. The number of halogens is 1. The molecule has 2 fully saturated rings. The zero-order valence-electron chi connectivity index (χ0n) is 13.0. The standard InChI is InChI=1S/C17H24N2O2.ClH/c1-2-11-3-6-16(20)15(9-11)19-17(21)10-12-7-13-4-5-14(8-12)18-13;/h3,6,9,12-14,18,20H,2,4-5,7-8,10H2,1H3,(H,19,21);1H. The summed E-state index contributed by atoms with van der Waals surface area (Å²) in [5.41, 5.74) is 1.65. The van der Waals surface area contributed by atoms with E-state index in [1.165, 1.54) is 12.8 Å². The monoisotopic (exact) mass is 324 g/mol. The predicted molar refractivity (Wildman–Crippen MR) is 90.6 cm³/mol. The molecule has 2 aliphatic heterocycles. The number of amides is 1. The summed E-state index contributed by atoms with van der Waals surface area (Å²) in [5.74, 6) is 0.635. The summed E-state index contributed by atoms with van der Waals surface area (Å²) in [6.07, 6.45) is 6.16. The topological polar surface area (TPSA) is 61.4 Å². The number of fused-ring (bicyclic) bond motifs is 2. The Morgan fingerprint density at radius 2 is 2.00 bits per heavy atom. The van der Waals surface area contributed by atoms with Gasteiger partial charge in [0.1, 0.15) is 5.75 Å². The van der Waals surface area contributed by atoms with E-state index < -0.39 is 0 Å². The van der Waals surface area contributed by atoms with E-state index in [4.69, 9.17) is 0 Å². The second-order valence-corrected chi connectivity index (χ2v) is 6.43. The second kappa shape index (κ2) is 7.34. The van der Waals surface area contributed by atoms with Gasteiger partial charge >= 0.3 is 0 Å². The minimum absolute atomic E-state index is 0. The summed E-state index contributed by atoms with van der Waals surface area (Å²) in [7, 11) is 0. The molecule has 1 amide bonds. The molecule has 2 aliphatic rings. The Bertz CT molecular complexity index is 523. The Hall–Kier alpha value is -1.26. The van der Waals surface area contributed by atoms with Gasteiger partial charge in [0.15, 0.2) is 0 Å². The van der Waals surface area contributed by atoms with Crippen LogP contribution in [0.1, 0.15) is 44.6 Å². The van der Waals surface area contributed by atoms with Crippen LogP contribution in [-0.4, -0.2) is 23.1 Å². The first-order chi connectivity index (χ1) is 10.1. The first-order valence-corrected chi connectivity index (χ1v) is 8.02. The molecule has 2 saturated heterocycles. The lowest BCUT2D eigenvalue weighted by Crippen LogP contribution is -2.39. The molecule has 2 bridgehead atoms. The molecular formula is C17H25ClN2O2. The number of carbonyl (C=O) groups excluding carboxylic acids is 1. The zero-order valence-corrected chi connectivity index (χ0v) is 13.8. The highest BCUT2D eigenvalue weighted by atomic mass is 35.5. The van der Waals surface area contributed by atoms with E-state index in [2.05, 4.69) is 17.6 Å². The number of hydrogen-bond donors (Lipinski definition) is 3. The molecule has 0 spiro atoms. The maximum absolute atomic E-state index is 12.2. The van der Waals surface area contributed by atoms with Crippen molar-refractivity contribution < 1.29 is 9.90 Å². The number of benzene rings is 1. The molecule has 2 heterocycles. The van der Waals surface area contributed by atoms with Gasteiger partial charge in [-0.15, -0.1) is 12.4 Å². The van der Waals surface area contributed by atoms with Crippen molar-refractivity contribution in [2.75, 3.05) is 5.32 Å². The van der Waals surface area contributed by atoms with Gasteiger partial charge in [-0.2, -0.15) is 0 Å². The highest BCUT2D eigenvalue weighted by Gasteiger charge is 2.34. The Kier molecular flexibility index (Phi) is 5.70. The molecule has 0 radical (unpaired) electrons. The molecule has 0 aromatic heterocycles. The maximum atomic E-state index is 12.2. The van der Waals surface area contributed by atoms with Crippen LogP contribution in [-0.2, 0) is 11.2 Å². The third kappa shape index (κ3) is 3.93. The van der Waals surface area contributed by atoms with E-state index in [1.807, 2.05) is 12.1 Å². The number of rotatable bonds is 4. The molecule has 0 aliphatic carbocycles. The summed E-state index contributed by atoms with van der Waals surface area (Å²) in [5, 5.41) is 16.3. The molecule has 3 rings (SSSR count). The molecule has 1 aromatic rings. The van der Waals surface area contributed by atoms with Crippen molar-refractivity contribution in [1.29, 1.82) is 0 Å². The number of phenolic OH excluding ortho intramolecular Hbond substituents is 1.